The summed E-state index contributed by atoms with van der Waals surface area (Å²) in [7, 11) is 2.23. The van der Waals surface area contributed by atoms with Crippen LogP contribution in [-0.2, 0) is 0 Å². The Bertz CT molecular complexity index is 416. The number of hydrogen-bond donors (Lipinski definition) is 1. The first-order valence-corrected chi connectivity index (χ1v) is 7.34. The van der Waals surface area contributed by atoms with E-state index in [0.29, 0.717) is 6.04 Å². The Morgan fingerprint density at radius 2 is 2.05 bits per heavy atom. The third kappa shape index (κ3) is 3.48. The number of anilines is 1. The van der Waals surface area contributed by atoms with Gasteiger partial charge in [0.15, 0.2) is 0 Å². The maximum Gasteiger partial charge on any atom is 0.0399 e. The molecule has 106 valence electrons. The Balaban J connectivity index is 2.20. The van der Waals surface area contributed by atoms with Crippen LogP contribution < -0.4 is 10.6 Å². The highest BCUT2D eigenvalue weighted by atomic mass is 15.2. The van der Waals surface area contributed by atoms with E-state index in [0.717, 1.165) is 26.1 Å². The third-order valence-electron chi connectivity index (χ3n) is 4.20. The summed E-state index contributed by atoms with van der Waals surface area (Å²) in [5.74, 6) is 0. The fraction of sp³-hybridized carbons (Fsp3) is 0.625. The Labute approximate surface area is 117 Å². The summed E-state index contributed by atoms with van der Waals surface area (Å²) in [6.07, 6.45) is 2.31. The van der Waals surface area contributed by atoms with E-state index in [4.69, 9.17) is 5.73 Å². The first-order valence-electron chi connectivity index (χ1n) is 7.34. The molecule has 0 saturated carbocycles. The molecule has 1 heterocycles. The first kappa shape index (κ1) is 14.4. The van der Waals surface area contributed by atoms with Crippen LogP contribution >= 0.6 is 0 Å². The van der Waals surface area contributed by atoms with E-state index in [1.54, 1.807) is 0 Å². The molecule has 1 atom stereocenters. The molecule has 0 bridgehead atoms. The number of benzene rings is 1. The molecule has 0 spiro atoms. The van der Waals surface area contributed by atoms with Crippen LogP contribution in [0.1, 0.15) is 24.0 Å². The van der Waals surface area contributed by atoms with Crippen LogP contribution in [0, 0.1) is 13.8 Å². The highest BCUT2D eigenvalue weighted by Crippen LogP contribution is 2.24. The van der Waals surface area contributed by atoms with Gasteiger partial charge < -0.3 is 15.5 Å². The van der Waals surface area contributed by atoms with Crippen LogP contribution in [0.25, 0.3) is 0 Å². The van der Waals surface area contributed by atoms with E-state index < -0.39 is 0 Å². The number of aryl methyl sites for hydroxylation is 2. The SMILES string of the molecule is Cc1ccc(C)c(N2CCCN(C)C(CCN)C2)c1. The Kier molecular flexibility index (Phi) is 4.83. The average molecular weight is 261 g/mol. The average Bonchev–Trinajstić information content (AvgIpc) is 2.56. The molecular weight excluding hydrogens is 234 g/mol. The summed E-state index contributed by atoms with van der Waals surface area (Å²) in [6, 6.07) is 7.32. The normalized spacial score (nSPS) is 21.5. The predicted molar refractivity (Wildman–Crippen MR) is 82.8 cm³/mol. The number of nitrogens with zero attached hydrogens (tertiary/aromatic N) is 2. The molecule has 2 rings (SSSR count). The van der Waals surface area contributed by atoms with Gasteiger partial charge in [-0.25, -0.2) is 0 Å². The zero-order valence-corrected chi connectivity index (χ0v) is 12.5. The van der Waals surface area contributed by atoms with Crippen molar-refractivity contribution in [3.8, 4) is 0 Å². The van der Waals surface area contributed by atoms with Gasteiger partial charge in [-0.1, -0.05) is 12.1 Å². The van der Waals surface area contributed by atoms with Gasteiger partial charge in [0, 0.05) is 24.8 Å². The lowest BCUT2D eigenvalue weighted by Gasteiger charge is -2.31. The zero-order valence-electron chi connectivity index (χ0n) is 12.5. The molecule has 2 N–H and O–H groups in total. The van der Waals surface area contributed by atoms with Gasteiger partial charge in [-0.2, -0.15) is 0 Å². The molecule has 0 radical (unpaired) electrons. The van der Waals surface area contributed by atoms with Crippen molar-refractivity contribution in [3.63, 3.8) is 0 Å². The van der Waals surface area contributed by atoms with Crippen LogP contribution in [0.3, 0.4) is 0 Å². The molecule has 19 heavy (non-hydrogen) atoms. The fourth-order valence-electron chi connectivity index (χ4n) is 2.96. The van der Waals surface area contributed by atoms with Gasteiger partial charge in [0.2, 0.25) is 0 Å². The molecule has 3 heteroatoms. The molecule has 0 aliphatic carbocycles. The van der Waals surface area contributed by atoms with E-state index >= 15 is 0 Å². The van der Waals surface area contributed by atoms with Crippen LogP contribution in [-0.4, -0.2) is 44.2 Å². The smallest absolute Gasteiger partial charge is 0.0399 e. The van der Waals surface area contributed by atoms with Crippen molar-refractivity contribution in [3.05, 3.63) is 29.3 Å². The second kappa shape index (κ2) is 6.40. The van der Waals surface area contributed by atoms with Crippen LogP contribution in [0.5, 0.6) is 0 Å². The van der Waals surface area contributed by atoms with Crippen molar-refractivity contribution in [1.82, 2.24) is 4.90 Å². The Morgan fingerprint density at radius 1 is 1.26 bits per heavy atom. The van der Waals surface area contributed by atoms with E-state index in [1.165, 1.54) is 29.8 Å². The minimum absolute atomic E-state index is 0.576. The minimum Gasteiger partial charge on any atom is -0.370 e. The highest BCUT2D eigenvalue weighted by molar-refractivity contribution is 5.55. The molecule has 1 aliphatic heterocycles. The van der Waals surface area contributed by atoms with Gasteiger partial charge in [-0.3, -0.25) is 0 Å². The maximum atomic E-state index is 5.77. The molecule has 1 fully saturated rings. The van der Waals surface area contributed by atoms with Crippen molar-refractivity contribution < 1.29 is 0 Å². The second-order valence-electron chi connectivity index (χ2n) is 5.80. The van der Waals surface area contributed by atoms with Gasteiger partial charge in [0.05, 0.1) is 0 Å². The lowest BCUT2D eigenvalue weighted by Crippen LogP contribution is -2.40. The second-order valence-corrected chi connectivity index (χ2v) is 5.80. The first-order chi connectivity index (χ1) is 9.11. The van der Waals surface area contributed by atoms with Crippen LogP contribution in [0.4, 0.5) is 5.69 Å². The fourth-order valence-corrected chi connectivity index (χ4v) is 2.96. The van der Waals surface area contributed by atoms with E-state index in [2.05, 4.69) is 48.9 Å². The molecule has 1 aromatic carbocycles. The van der Waals surface area contributed by atoms with Crippen molar-refractivity contribution in [1.29, 1.82) is 0 Å². The molecule has 3 nitrogen and oxygen atoms in total. The molecule has 0 amide bonds. The molecular formula is C16H27N3. The number of nitrogens with two attached hydrogens (primary N) is 1. The van der Waals surface area contributed by atoms with Crippen molar-refractivity contribution in [2.24, 2.45) is 5.73 Å². The monoisotopic (exact) mass is 261 g/mol. The lowest BCUT2D eigenvalue weighted by molar-refractivity contribution is 0.251. The predicted octanol–water partition coefficient (Wildman–Crippen LogP) is 2.16. The summed E-state index contributed by atoms with van der Waals surface area (Å²) >= 11 is 0. The molecule has 1 aromatic rings. The van der Waals surface area contributed by atoms with Gasteiger partial charge in [-0.15, -0.1) is 0 Å². The third-order valence-corrected chi connectivity index (χ3v) is 4.20. The molecule has 1 unspecified atom stereocenters. The quantitative estimate of drug-likeness (QED) is 0.905. The van der Waals surface area contributed by atoms with Gasteiger partial charge in [-0.05, 0) is 64.0 Å². The number of hydrogen-bond acceptors (Lipinski definition) is 3. The largest absolute Gasteiger partial charge is 0.370 e. The van der Waals surface area contributed by atoms with Crippen LogP contribution in [0.15, 0.2) is 18.2 Å². The Morgan fingerprint density at radius 3 is 2.79 bits per heavy atom. The van der Waals surface area contributed by atoms with Gasteiger partial charge >= 0.3 is 0 Å². The minimum atomic E-state index is 0.576. The van der Waals surface area contributed by atoms with Crippen molar-refractivity contribution in [2.45, 2.75) is 32.7 Å². The number of likely N-dealkylation sites (N-methyl/N-ethyl adjacent to an activating group) is 1. The lowest BCUT2D eigenvalue weighted by atomic mass is 10.1. The summed E-state index contributed by atoms with van der Waals surface area (Å²) in [4.78, 5) is 5.02. The highest BCUT2D eigenvalue weighted by Gasteiger charge is 2.22. The number of rotatable bonds is 3. The topological polar surface area (TPSA) is 32.5 Å². The molecule has 0 aromatic heterocycles. The van der Waals surface area contributed by atoms with E-state index in [1.807, 2.05) is 0 Å². The van der Waals surface area contributed by atoms with Crippen molar-refractivity contribution >= 4 is 5.69 Å². The zero-order chi connectivity index (χ0) is 13.8. The Hall–Kier alpha value is -1.06. The van der Waals surface area contributed by atoms with Gasteiger partial charge in [0.25, 0.3) is 0 Å². The summed E-state index contributed by atoms with van der Waals surface area (Å²) < 4.78 is 0. The molecule has 1 aliphatic rings. The van der Waals surface area contributed by atoms with Crippen LogP contribution in [0.2, 0.25) is 0 Å². The van der Waals surface area contributed by atoms with Crippen molar-refractivity contribution in [2.75, 3.05) is 38.1 Å². The summed E-state index contributed by atoms with van der Waals surface area (Å²) in [5.41, 5.74) is 9.88. The maximum absolute atomic E-state index is 5.77. The van der Waals surface area contributed by atoms with E-state index in [9.17, 15) is 0 Å². The summed E-state index contributed by atoms with van der Waals surface area (Å²) in [6.45, 7) is 8.57. The molecule has 1 saturated heterocycles. The standard InChI is InChI=1S/C16H27N3/c1-13-5-6-14(2)16(11-13)19-10-4-9-18(3)15(12-19)7-8-17/h5-6,11,15H,4,7-10,12,17H2,1-3H3. The van der Waals surface area contributed by atoms with Gasteiger partial charge in [0.1, 0.15) is 0 Å². The van der Waals surface area contributed by atoms with E-state index in [-0.39, 0.29) is 0 Å². The summed E-state index contributed by atoms with van der Waals surface area (Å²) in [5, 5.41) is 0.